The fourth-order valence-electron chi connectivity index (χ4n) is 2.94. The van der Waals surface area contributed by atoms with Gasteiger partial charge in [0.05, 0.1) is 0 Å². The van der Waals surface area contributed by atoms with E-state index in [9.17, 15) is 44.1 Å². The number of carbonyl (C=O) groups is 4. The molecule has 1 unspecified atom stereocenters. The molecule has 0 radical (unpaired) electrons. The van der Waals surface area contributed by atoms with E-state index in [4.69, 9.17) is 0 Å². The summed E-state index contributed by atoms with van der Waals surface area (Å²) in [4.78, 5) is 69.3. The van der Waals surface area contributed by atoms with Gasteiger partial charge in [-0.25, -0.2) is 14.4 Å². The van der Waals surface area contributed by atoms with E-state index in [0.29, 0.717) is 24.9 Å². The Morgan fingerprint density at radius 1 is 0.886 bits per heavy atom. The first-order valence-corrected chi connectivity index (χ1v) is 11.4. The molecule has 0 spiro atoms. The molecule has 0 bridgehead atoms. The topological polar surface area (TPSA) is 211 Å². The molecule has 14 heteroatoms. The molecule has 0 aliphatic carbocycles. The number of benzene rings is 1. The lowest BCUT2D eigenvalue weighted by molar-refractivity contribution is -0.139. The van der Waals surface area contributed by atoms with Crippen LogP contribution in [0, 0.1) is 3.57 Å². The van der Waals surface area contributed by atoms with Crippen LogP contribution in [0.5, 0.6) is 5.75 Å². The van der Waals surface area contributed by atoms with Gasteiger partial charge in [0.2, 0.25) is 0 Å². The minimum Gasteiger partial charge on any atom is -0.502 e. The lowest BCUT2D eigenvalue weighted by Gasteiger charge is -2.19. The highest BCUT2D eigenvalue weighted by Gasteiger charge is 2.26. The van der Waals surface area contributed by atoms with Crippen molar-refractivity contribution in [3.05, 3.63) is 53.8 Å². The van der Waals surface area contributed by atoms with E-state index in [1.807, 2.05) is 0 Å². The molecule has 13 nitrogen and oxygen atoms in total. The summed E-state index contributed by atoms with van der Waals surface area (Å²) in [6.07, 6.45) is 0.809. The van der Waals surface area contributed by atoms with E-state index in [-0.39, 0.29) is 12.3 Å². The third kappa shape index (κ3) is 7.94. The van der Waals surface area contributed by atoms with Crippen LogP contribution in [-0.2, 0) is 9.59 Å². The average Bonchev–Trinajstić information content (AvgIpc) is 2.82. The molecule has 0 saturated heterocycles. The number of hydrogen-bond donors (Lipinski definition) is 7. The number of rotatable bonds is 13. The molecular formula is C21H23IN4O9. The highest BCUT2D eigenvalue weighted by Crippen LogP contribution is 2.14. The Morgan fingerprint density at radius 3 is 2.06 bits per heavy atom. The fraction of sp³-hybridized carbons (Fsp3) is 0.333. The largest absolute Gasteiger partial charge is 0.502 e. The summed E-state index contributed by atoms with van der Waals surface area (Å²) in [5.74, 6) is -3.92. The number of carboxylic acid groups (broad SMARTS) is 2. The highest BCUT2D eigenvalue weighted by molar-refractivity contribution is 14.1. The molecular weight excluding hydrogens is 579 g/mol. The Bertz CT molecular complexity index is 1160. The molecule has 2 aromatic rings. The van der Waals surface area contributed by atoms with Gasteiger partial charge in [-0.1, -0.05) is 0 Å². The predicted molar refractivity (Wildman–Crippen MR) is 131 cm³/mol. The van der Waals surface area contributed by atoms with Gasteiger partial charge in [-0.3, -0.25) is 14.4 Å². The van der Waals surface area contributed by atoms with Gasteiger partial charge < -0.3 is 36.6 Å². The summed E-state index contributed by atoms with van der Waals surface area (Å²) >= 11 is 2.12. The molecule has 0 fully saturated rings. The van der Waals surface area contributed by atoms with Gasteiger partial charge in [0, 0.05) is 22.2 Å². The lowest BCUT2D eigenvalue weighted by Crippen LogP contribution is -2.53. The zero-order valence-electron chi connectivity index (χ0n) is 18.2. The number of carbonyl (C=O) groups excluding carboxylic acids is 2. The summed E-state index contributed by atoms with van der Waals surface area (Å²) < 4.78 is 0.989. The van der Waals surface area contributed by atoms with Crippen molar-refractivity contribution in [2.45, 2.75) is 31.3 Å². The summed E-state index contributed by atoms with van der Waals surface area (Å²) in [5, 5.41) is 37.1. The molecule has 2 aromatic carbocycles. The first-order chi connectivity index (χ1) is 16.5. The van der Waals surface area contributed by atoms with Gasteiger partial charge in [-0.05, 0) is 66.1 Å². The van der Waals surface area contributed by atoms with Crippen LogP contribution >= 0.6 is 22.6 Å². The summed E-state index contributed by atoms with van der Waals surface area (Å²) in [6, 6.07) is 2.97. The monoisotopic (exact) mass is 602 g/mol. The number of unbranched alkanes of at least 4 members (excludes halogenated alkanes) is 1. The number of amides is 3. The zero-order valence-corrected chi connectivity index (χ0v) is 20.3. The van der Waals surface area contributed by atoms with Gasteiger partial charge >= 0.3 is 18.0 Å². The number of aliphatic carboxylic acids is 2. The molecule has 3 amide bonds. The van der Waals surface area contributed by atoms with Crippen LogP contribution < -0.4 is 32.1 Å². The zero-order chi connectivity index (χ0) is 26.1. The molecule has 0 saturated carbocycles. The van der Waals surface area contributed by atoms with Crippen molar-refractivity contribution in [3.8, 4) is 5.75 Å². The summed E-state index contributed by atoms with van der Waals surface area (Å²) in [7, 11) is 0. The Hall–Kier alpha value is -3.69. The van der Waals surface area contributed by atoms with Crippen LogP contribution in [0.15, 0.2) is 33.9 Å². The molecule has 0 heterocycles. The van der Waals surface area contributed by atoms with Crippen molar-refractivity contribution in [3.63, 3.8) is 0 Å². The van der Waals surface area contributed by atoms with Crippen molar-refractivity contribution < 1.29 is 34.5 Å². The van der Waals surface area contributed by atoms with E-state index < -0.39 is 58.9 Å². The van der Waals surface area contributed by atoms with Crippen molar-refractivity contribution in [1.29, 1.82) is 0 Å². The summed E-state index contributed by atoms with van der Waals surface area (Å²) in [6.45, 7) is -0.251. The van der Waals surface area contributed by atoms with E-state index in [2.05, 4.69) is 43.9 Å². The lowest BCUT2D eigenvalue weighted by atomic mass is 10.1. The first-order valence-electron chi connectivity index (χ1n) is 10.3. The number of nitrogens with one attached hydrogen (secondary N) is 4. The van der Waals surface area contributed by atoms with Crippen LogP contribution in [0.3, 0.4) is 0 Å². The van der Waals surface area contributed by atoms with Gasteiger partial charge in [-0.15, -0.1) is 0 Å². The van der Waals surface area contributed by atoms with Crippen molar-refractivity contribution in [1.82, 2.24) is 16.0 Å². The van der Waals surface area contributed by atoms with Crippen LogP contribution in [0.2, 0.25) is 0 Å². The van der Waals surface area contributed by atoms with Crippen molar-refractivity contribution in [2.75, 3.05) is 18.4 Å². The number of aromatic hydroxyl groups is 1. The molecule has 2 rings (SSSR count). The molecule has 0 aromatic heterocycles. The molecule has 188 valence electrons. The third-order valence-corrected chi connectivity index (χ3v) is 5.61. The Kier molecular flexibility index (Phi) is 9.98. The minimum atomic E-state index is -1.59. The summed E-state index contributed by atoms with van der Waals surface area (Å²) in [5.41, 5.74) is -2.09. The first kappa shape index (κ1) is 27.6. The third-order valence-electron chi connectivity index (χ3n) is 4.89. The molecule has 7 N–H and O–H groups in total. The van der Waals surface area contributed by atoms with Gasteiger partial charge in [0.1, 0.15) is 17.8 Å². The average molecular weight is 602 g/mol. The van der Waals surface area contributed by atoms with Crippen LogP contribution in [-0.4, -0.2) is 64.4 Å². The standard InChI is InChI=1S/C21H23IN4O9/c22-11-6-4-10(5-7-11)18(30)23-8-2-1-3-12(19(31)32)25-21(35)26-13(20(33)34)9-24-14-15(27)17(29)16(14)28/h4-7,12-13,24,27H,1-3,8-9H2,(H,23,30)(H,31,32)(H,33,34)(H2,25,26,35)/t12?,13-/m0/s1. The molecule has 2 atom stereocenters. The number of carboxylic acids is 2. The second-order valence-electron chi connectivity index (χ2n) is 7.42. The Balaban J connectivity index is 1.77. The number of anilines is 1. The number of urea groups is 1. The maximum Gasteiger partial charge on any atom is 0.328 e. The normalized spacial score (nSPS) is 12.4. The minimum absolute atomic E-state index is 0.0233. The van der Waals surface area contributed by atoms with Crippen molar-refractivity contribution >= 4 is 52.2 Å². The second kappa shape index (κ2) is 12.7. The maximum atomic E-state index is 12.1. The van der Waals surface area contributed by atoms with E-state index in [1.54, 1.807) is 24.3 Å². The maximum absolute atomic E-state index is 12.1. The highest BCUT2D eigenvalue weighted by atomic mass is 127. The number of hydrogen-bond acceptors (Lipinski definition) is 8. The van der Waals surface area contributed by atoms with Crippen LogP contribution in [0.4, 0.5) is 10.5 Å². The van der Waals surface area contributed by atoms with E-state index >= 15 is 0 Å². The van der Waals surface area contributed by atoms with Gasteiger partial charge in [0.15, 0.2) is 5.75 Å². The second-order valence-corrected chi connectivity index (χ2v) is 8.67. The van der Waals surface area contributed by atoms with Crippen LogP contribution in [0.1, 0.15) is 29.6 Å². The Morgan fingerprint density at radius 2 is 1.49 bits per heavy atom. The smallest absolute Gasteiger partial charge is 0.328 e. The Labute approximate surface area is 211 Å². The van der Waals surface area contributed by atoms with E-state index in [1.165, 1.54) is 0 Å². The van der Waals surface area contributed by atoms with Crippen LogP contribution in [0.25, 0.3) is 0 Å². The molecule has 0 aliphatic heterocycles. The fourth-order valence-corrected chi connectivity index (χ4v) is 3.30. The predicted octanol–water partition coefficient (Wildman–Crippen LogP) is -0.189. The van der Waals surface area contributed by atoms with Gasteiger partial charge in [0.25, 0.3) is 16.8 Å². The van der Waals surface area contributed by atoms with E-state index in [0.717, 1.165) is 3.57 Å². The van der Waals surface area contributed by atoms with Crippen molar-refractivity contribution in [2.24, 2.45) is 0 Å². The van der Waals surface area contributed by atoms with Gasteiger partial charge in [-0.2, -0.15) is 0 Å². The molecule has 35 heavy (non-hydrogen) atoms. The number of halogens is 1. The quantitative estimate of drug-likeness (QED) is 0.0913. The SMILES string of the molecule is O=C(NC(CCCCNC(=O)c1ccc(I)cc1)C(=O)O)N[C@@H](CNc1c(O)c(=O)c1=O)C(=O)O. The molecule has 0 aliphatic rings.